The molecule has 5 rings (SSSR count). The summed E-state index contributed by atoms with van der Waals surface area (Å²) in [5.74, 6) is -0.276. The monoisotopic (exact) mass is 704 g/mol. The summed E-state index contributed by atoms with van der Waals surface area (Å²) < 4.78 is 41.6. The molecule has 1 fully saturated rings. The topological polar surface area (TPSA) is 186 Å². The molecule has 2 aromatic heterocycles. The molecule has 1 aliphatic rings. The molecular formula is C36H44N6O7S. The van der Waals surface area contributed by atoms with Crippen LogP contribution in [0.25, 0.3) is 11.3 Å². The number of carboxylic acid groups (broad SMARTS) is 1. The molecule has 13 nitrogen and oxygen atoms in total. The smallest absolute Gasteiger partial charge is 0.336 e. The molecule has 14 heteroatoms. The van der Waals surface area contributed by atoms with E-state index in [0.717, 1.165) is 36.0 Å². The number of aromatic nitrogens is 4. The van der Waals surface area contributed by atoms with Gasteiger partial charge in [-0.25, -0.2) is 32.9 Å². The summed E-state index contributed by atoms with van der Waals surface area (Å²) in [6.45, 7) is 9.82. The van der Waals surface area contributed by atoms with Gasteiger partial charge in [0.25, 0.3) is 10.0 Å². The summed E-state index contributed by atoms with van der Waals surface area (Å²) in [5.41, 5.74) is 2.65. The van der Waals surface area contributed by atoms with Crippen LogP contribution in [-0.2, 0) is 23.2 Å². The van der Waals surface area contributed by atoms with Crippen LogP contribution >= 0.6 is 0 Å². The van der Waals surface area contributed by atoms with Crippen molar-refractivity contribution in [2.24, 2.45) is 5.41 Å². The summed E-state index contributed by atoms with van der Waals surface area (Å²) in [6.07, 6.45) is 7.55. The van der Waals surface area contributed by atoms with E-state index < -0.39 is 27.5 Å². The molecule has 0 spiro atoms. The number of hydrogen-bond acceptors (Lipinski definition) is 11. The van der Waals surface area contributed by atoms with Crippen molar-refractivity contribution in [3.05, 3.63) is 82.9 Å². The van der Waals surface area contributed by atoms with E-state index in [1.165, 1.54) is 24.6 Å². The van der Waals surface area contributed by atoms with E-state index in [2.05, 4.69) is 36.9 Å². The first-order chi connectivity index (χ1) is 23.8. The fourth-order valence-corrected chi connectivity index (χ4v) is 7.40. The maximum atomic E-state index is 13.6. The molecule has 2 heterocycles. The van der Waals surface area contributed by atoms with Gasteiger partial charge in [0.2, 0.25) is 11.8 Å². The third-order valence-corrected chi connectivity index (χ3v) is 10.2. The molecule has 1 aliphatic carbocycles. The Balaban J connectivity index is 1.44. The van der Waals surface area contributed by atoms with Gasteiger partial charge in [-0.2, -0.15) is 4.98 Å². The van der Waals surface area contributed by atoms with Gasteiger partial charge in [0.1, 0.15) is 12.4 Å². The molecule has 0 aliphatic heterocycles. The Morgan fingerprint density at radius 2 is 1.72 bits per heavy atom. The first-order valence-corrected chi connectivity index (χ1v) is 18.0. The van der Waals surface area contributed by atoms with Crippen LogP contribution in [0.2, 0.25) is 0 Å². The van der Waals surface area contributed by atoms with E-state index in [1.54, 1.807) is 18.5 Å². The molecule has 0 amide bonds. The molecule has 50 heavy (non-hydrogen) atoms. The van der Waals surface area contributed by atoms with Gasteiger partial charge in [0.05, 0.1) is 47.8 Å². The van der Waals surface area contributed by atoms with Gasteiger partial charge < -0.3 is 25.0 Å². The number of nitrogens with zero attached hydrogens (tertiary/aromatic N) is 4. The van der Waals surface area contributed by atoms with Crippen LogP contribution in [0.5, 0.6) is 11.6 Å². The molecule has 0 bridgehead atoms. The lowest BCUT2D eigenvalue weighted by atomic mass is 9.67. The summed E-state index contributed by atoms with van der Waals surface area (Å²) in [7, 11) is -4.44. The number of rotatable bonds is 16. The molecule has 1 atom stereocenters. The molecule has 4 N–H and O–H groups in total. The molecule has 1 saturated carbocycles. The van der Waals surface area contributed by atoms with Crippen molar-refractivity contribution in [2.75, 3.05) is 11.3 Å². The second kappa shape index (κ2) is 15.5. The van der Waals surface area contributed by atoms with E-state index in [0.29, 0.717) is 23.8 Å². The minimum absolute atomic E-state index is 0.0151. The average Bonchev–Trinajstić information content (AvgIpc) is 3.04. The van der Waals surface area contributed by atoms with Crippen LogP contribution in [0.15, 0.2) is 59.8 Å². The first kappa shape index (κ1) is 36.6. The van der Waals surface area contributed by atoms with Gasteiger partial charge in [-0.3, -0.25) is 0 Å². The standard InChI is InChI=1S/C36H44N6O7S/c1-22(2)49-26-17-38-31(39-18-26)19-37-25(16-36(5)13-8-14-36)21-48-32-15-29(33-23(3)9-6-10-24(33)4)40-35(41-32)42-50(46,47)30-12-7-11-27(34(44)45)28(30)20-43/h6-7,9-12,15,17-18,22,25,37,43H,8,13-14,16,19-21H2,1-5H3,(H,44,45)(H,40,41,42)/t25-/m1/s1. The highest BCUT2D eigenvalue weighted by molar-refractivity contribution is 7.92. The Morgan fingerprint density at radius 3 is 2.32 bits per heavy atom. The number of aryl methyl sites for hydroxylation is 2. The number of hydrogen-bond donors (Lipinski definition) is 4. The minimum Gasteiger partial charge on any atom is -0.488 e. The van der Waals surface area contributed by atoms with Gasteiger partial charge in [-0.15, -0.1) is 0 Å². The summed E-state index contributed by atoms with van der Waals surface area (Å²) in [6, 6.07) is 11.1. The van der Waals surface area contributed by atoms with E-state index in [4.69, 9.17) is 9.47 Å². The van der Waals surface area contributed by atoms with Crippen molar-refractivity contribution in [3.63, 3.8) is 0 Å². The second-order valence-corrected chi connectivity index (χ2v) is 14.9. The van der Waals surface area contributed by atoms with Crippen LogP contribution in [0.3, 0.4) is 0 Å². The predicted octanol–water partition coefficient (Wildman–Crippen LogP) is 5.45. The fraction of sp³-hybridized carbons (Fsp3) is 0.417. The molecule has 0 radical (unpaired) electrons. The van der Waals surface area contributed by atoms with Gasteiger partial charge in [-0.1, -0.05) is 37.6 Å². The van der Waals surface area contributed by atoms with Crippen LogP contribution in [0, 0.1) is 19.3 Å². The Hall–Kier alpha value is -4.66. The zero-order valence-electron chi connectivity index (χ0n) is 28.9. The Bertz CT molecular complexity index is 1910. The average molecular weight is 705 g/mol. The lowest BCUT2D eigenvalue weighted by molar-refractivity contribution is 0.0692. The SMILES string of the molecule is Cc1cccc(C)c1-c1cc(OC[C@@H](CC2(C)CCC2)NCc2ncc(OC(C)C)cn2)nc(NS(=O)(=O)c2cccc(C(=O)O)c2CO)n1. The van der Waals surface area contributed by atoms with Gasteiger partial charge in [0, 0.05) is 23.2 Å². The number of benzene rings is 2. The number of carbonyl (C=O) groups is 1. The fourth-order valence-electron chi connectivity index (χ4n) is 6.21. The van der Waals surface area contributed by atoms with Crippen molar-refractivity contribution in [1.82, 2.24) is 25.3 Å². The predicted molar refractivity (Wildman–Crippen MR) is 188 cm³/mol. The summed E-state index contributed by atoms with van der Waals surface area (Å²) >= 11 is 0. The van der Waals surface area contributed by atoms with E-state index in [9.17, 15) is 23.4 Å². The maximum Gasteiger partial charge on any atom is 0.336 e. The van der Waals surface area contributed by atoms with Crippen LogP contribution in [-0.4, -0.2) is 63.3 Å². The van der Waals surface area contributed by atoms with E-state index in [-0.39, 0.29) is 47.1 Å². The van der Waals surface area contributed by atoms with Gasteiger partial charge in [0.15, 0.2) is 5.75 Å². The minimum atomic E-state index is -4.44. The van der Waals surface area contributed by atoms with Crippen molar-refractivity contribution in [3.8, 4) is 22.9 Å². The van der Waals surface area contributed by atoms with Crippen molar-refractivity contribution >= 4 is 21.9 Å². The van der Waals surface area contributed by atoms with Gasteiger partial charge in [-0.05, 0) is 75.6 Å². The molecular weight excluding hydrogens is 660 g/mol. The molecule has 0 unspecified atom stereocenters. The number of carboxylic acids is 1. The third-order valence-electron chi connectivity index (χ3n) is 8.81. The number of aliphatic hydroxyl groups is 1. The normalized spacial score (nSPS) is 14.5. The highest BCUT2D eigenvalue weighted by Gasteiger charge is 2.34. The zero-order chi connectivity index (χ0) is 36.1. The quantitative estimate of drug-likeness (QED) is 0.116. The van der Waals surface area contributed by atoms with Crippen molar-refractivity contribution < 1.29 is 32.9 Å². The van der Waals surface area contributed by atoms with Crippen molar-refractivity contribution in [1.29, 1.82) is 0 Å². The largest absolute Gasteiger partial charge is 0.488 e. The van der Waals surface area contributed by atoms with Gasteiger partial charge >= 0.3 is 5.97 Å². The number of anilines is 1. The summed E-state index contributed by atoms with van der Waals surface area (Å²) in [4.78, 5) is 29.2. The van der Waals surface area contributed by atoms with Crippen LogP contribution < -0.4 is 19.5 Å². The number of aliphatic hydroxyl groups excluding tert-OH is 1. The lowest BCUT2D eigenvalue weighted by Crippen LogP contribution is -2.41. The number of ether oxygens (including phenoxy) is 2. The number of aromatic carboxylic acids is 1. The van der Waals surface area contributed by atoms with E-state index >= 15 is 0 Å². The highest BCUT2D eigenvalue weighted by Crippen LogP contribution is 2.44. The first-order valence-electron chi connectivity index (χ1n) is 16.6. The third kappa shape index (κ3) is 8.92. The van der Waals surface area contributed by atoms with Crippen molar-refractivity contribution in [2.45, 2.75) is 90.5 Å². The Morgan fingerprint density at radius 1 is 1.04 bits per heavy atom. The number of nitrogens with one attached hydrogen (secondary N) is 2. The zero-order valence-corrected chi connectivity index (χ0v) is 29.7. The Labute approximate surface area is 292 Å². The van der Waals surface area contributed by atoms with E-state index in [1.807, 2.05) is 45.9 Å². The van der Waals surface area contributed by atoms with Crippen LogP contribution in [0.1, 0.15) is 79.3 Å². The highest BCUT2D eigenvalue weighted by atomic mass is 32.2. The maximum absolute atomic E-state index is 13.6. The molecule has 0 saturated heterocycles. The molecule has 266 valence electrons. The second-order valence-electron chi connectivity index (χ2n) is 13.3. The summed E-state index contributed by atoms with van der Waals surface area (Å²) in [5, 5.41) is 23.1. The molecule has 4 aromatic rings. The molecule has 2 aromatic carbocycles. The Kier molecular flexibility index (Phi) is 11.3. The number of sulfonamides is 1. The van der Waals surface area contributed by atoms with Crippen LogP contribution in [0.4, 0.5) is 5.95 Å². The lowest BCUT2D eigenvalue weighted by Gasteiger charge is -2.41.